The maximum absolute atomic E-state index is 11.8. The molecule has 0 radical (unpaired) electrons. The Kier molecular flexibility index (Phi) is 6.75. The number of ether oxygens (including phenoxy) is 1. The van der Waals surface area contributed by atoms with E-state index in [4.69, 9.17) is 16.3 Å². The zero-order valence-corrected chi connectivity index (χ0v) is 10.8. The number of esters is 1. The number of hydrogen-bond donors (Lipinski definition) is 3. The summed E-state index contributed by atoms with van der Waals surface area (Å²) in [5.41, 5.74) is 6.73. The molecule has 0 saturated carbocycles. The van der Waals surface area contributed by atoms with E-state index in [1.54, 1.807) is 20.8 Å². The van der Waals surface area contributed by atoms with Crippen LogP contribution in [0.2, 0.25) is 0 Å². The minimum atomic E-state index is -0.856. The normalized spacial score (nSPS) is 13.0. The lowest BCUT2D eigenvalue weighted by Crippen LogP contribution is -2.42. The highest BCUT2D eigenvalue weighted by molar-refractivity contribution is 5.97. The molecule has 17 heavy (non-hydrogen) atoms. The lowest BCUT2D eigenvalue weighted by molar-refractivity contribution is -0.162. The van der Waals surface area contributed by atoms with Gasteiger partial charge in [-0.05, 0) is 40.2 Å². The van der Waals surface area contributed by atoms with Crippen LogP contribution in [0.3, 0.4) is 0 Å². The number of nitrogens with one attached hydrogen (secondary N) is 1. The van der Waals surface area contributed by atoms with Gasteiger partial charge in [0.1, 0.15) is 11.5 Å². The molecule has 1 unspecified atom stereocenters. The van der Waals surface area contributed by atoms with E-state index in [1.807, 2.05) is 5.43 Å². The molecule has 0 aromatic heterocycles. The summed E-state index contributed by atoms with van der Waals surface area (Å²) in [7, 11) is 0. The Morgan fingerprint density at radius 1 is 1.29 bits per heavy atom. The molecule has 100 valence electrons. The smallest absolute Gasteiger partial charge is 0.319 e. The summed E-state index contributed by atoms with van der Waals surface area (Å²) in [6.07, 6.45) is 1.85. The lowest BCUT2D eigenvalue weighted by atomic mass is 10.0. The minimum Gasteiger partial charge on any atom is -0.459 e. The fourth-order valence-corrected chi connectivity index (χ4v) is 1.32. The van der Waals surface area contributed by atoms with Gasteiger partial charge in [-0.25, -0.2) is 5.84 Å². The van der Waals surface area contributed by atoms with Gasteiger partial charge in [-0.1, -0.05) is 6.42 Å². The topological polar surface area (TPSA) is 107 Å². The number of hydrogen-bond acceptors (Lipinski definition) is 5. The van der Waals surface area contributed by atoms with Crippen molar-refractivity contribution >= 4 is 11.9 Å². The Morgan fingerprint density at radius 2 is 1.88 bits per heavy atom. The van der Waals surface area contributed by atoms with Crippen molar-refractivity contribution in [3.8, 4) is 0 Å². The Bertz CT molecular complexity index is 261. The van der Waals surface area contributed by atoms with Gasteiger partial charge >= 0.3 is 5.97 Å². The van der Waals surface area contributed by atoms with Crippen LogP contribution in [0.15, 0.2) is 0 Å². The third-order valence-corrected chi connectivity index (χ3v) is 2.10. The molecule has 0 spiro atoms. The van der Waals surface area contributed by atoms with Crippen molar-refractivity contribution in [1.82, 2.24) is 5.43 Å². The Morgan fingerprint density at radius 3 is 2.29 bits per heavy atom. The van der Waals surface area contributed by atoms with Gasteiger partial charge in [-0.15, -0.1) is 0 Å². The van der Waals surface area contributed by atoms with E-state index in [-0.39, 0.29) is 0 Å². The zero-order chi connectivity index (χ0) is 13.5. The third kappa shape index (κ3) is 6.91. The van der Waals surface area contributed by atoms with Crippen molar-refractivity contribution in [2.24, 2.45) is 17.5 Å². The van der Waals surface area contributed by atoms with E-state index in [2.05, 4.69) is 0 Å². The van der Waals surface area contributed by atoms with Gasteiger partial charge in [0.25, 0.3) is 0 Å². The van der Waals surface area contributed by atoms with Crippen LogP contribution in [0.1, 0.15) is 40.0 Å². The van der Waals surface area contributed by atoms with Gasteiger partial charge in [0, 0.05) is 0 Å². The number of rotatable bonds is 6. The van der Waals surface area contributed by atoms with Crippen molar-refractivity contribution in [3.05, 3.63) is 0 Å². The number of amides is 1. The second kappa shape index (κ2) is 7.24. The first-order valence-electron chi connectivity index (χ1n) is 5.75. The van der Waals surface area contributed by atoms with Crippen LogP contribution in [0.5, 0.6) is 0 Å². The second-order valence-electron chi connectivity index (χ2n) is 4.88. The fraction of sp³-hybridized carbons (Fsp3) is 0.818. The maximum atomic E-state index is 11.8. The van der Waals surface area contributed by atoms with Crippen LogP contribution in [-0.2, 0) is 14.3 Å². The maximum Gasteiger partial charge on any atom is 0.319 e. The van der Waals surface area contributed by atoms with Crippen LogP contribution in [0.25, 0.3) is 0 Å². The van der Waals surface area contributed by atoms with Gasteiger partial charge in [0.15, 0.2) is 0 Å². The molecule has 0 fully saturated rings. The van der Waals surface area contributed by atoms with E-state index in [9.17, 15) is 9.59 Å². The first-order valence-corrected chi connectivity index (χ1v) is 5.75. The summed E-state index contributed by atoms with van der Waals surface area (Å²) in [6.45, 7) is 5.79. The molecule has 6 heteroatoms. The first kappa shape index (κ1) is 15.9. The molecule has 0 aromatic rings. The van der Waals surface area contributed by atoms with Crippen LogP contribution in [0.4, 0.5) is 0 Å². The Balaban J connectivity index is 4.46. The summed E-state index contributed by atoms with van der Waals surface area (Å²) < 4.78 is 5.17. The average Bonchev–Trinajstić information content (AvgIpc) is 2.20. The number of nitrogens with two attached hydrogens (primary N) is 2. The molecule has 0 aromatic carbocycles. The fourth-order valence-electron chi connectivity index (χ4n) is 1.32. The molecule has 0 saturated heterocycles. The van der Waals surface area contributed by atoms with E-state index >= 15 is 0 Å². The van der Waals surface area contributed by atoms with E-state index in [0.29, 0.717) is 19.4 Å². The molecule has 0 rings (SSSR count). The quantitative estimate of drug-likeness (QED) is 0.153. The molecule has 0 heterocycles. The van der Waals surface area contributed by atoms with Gasteiger partial charge in [-0.3, -0.25) is 15.0 Å². The zero-order valence-electron chi connectivity index (χ0n) is 10.8. The Hall–Kier alpha value is -1.14. The SMILES string of the molecule is CC(C)(C)OC(=O)C(CCCCN)C(=O)NN. The van der Waals surface area contributed by atoms with E-state index < -0.39 is 23.4 Å². The predicted octanol–water partition coefficient (Wildman–Crippen LogP) is 0.0632. The van der Waals surface area contributed by atoms with Crippen LogP contribution in [0, 0.1) is 5.92 Å². The van der Waals surface area contributed by atoms with Crippen molar-refractivity contribution in [2.75, 3.05) is 6.54 Å². The summed E-state index contributed by atoms with van der Waals surface area (Å²) >= 11 is 0. The van der Waals surface area contributed by atoms with E-state index in [0.717, 1.165) is 6.42 Å². The number of carbonyl (C=O) groups excluding carboxylic acids is 2. The van der Waals surface area contributed by atoms with E-state index in [1.165, 1.54) is 0 Å². The van der Waals surface area contributed by atoms with Crippen molar-refractivity contribution < 1.29 is 14.3 Å². The van der Waals surface area contributed by atoms with Crippen LogP contribution in [-0.4, -0.2) is 24.0 Å². The molecule has 1 atom stereocenters. The molecule has 6 nitrogen and oxygen atoms in total. The third-order valence-electron chi connectivity index (χ3n) is 2.10. The van der Waals surface area contributed by atoms with Gasteiger partial charge in [-0.2, -0.15) is 0 Å². The molecule has 0 aliphatic heterocycles. The highest BCUT2D eigenvalue weighted by atomic mass is 16.6. The van der Waals surface area contributed by atoms with Crippen LogP contribution < -0.4 is 17.0 Å². The van der Waals surface area contributed by atoms with Crippen molar-refractivity contribution in [2.45, 2.75) is 45.6 Å². The standard InChI is InChI=1S/C11H23N3O3/c1-11(2,3)17-10(16)8(9(15)14-13)6-4-5-7-12/h8H,4-7,12-13H2,1-3H3,(H,14,15). The predicted molar refractivity (Wildman–Crippen MR) is 64.6 cm³/mol. The van der Waals surface area contributed by atoms with Gasteiger partial charge < -0.3 is 10.5 Å². The number of carbonyl (C=O) groups is 2. The highest BCUT2D eigenvalue weighted by Gasteiger charge is 2.30. The number of hydrazine groups is 1. The largest absolute Gasteiger partial charge is 0.459 e. The van der Waals surface area contributed by atoms with Gasteiger partial charge in [0.05, 0.1) is 0 Å². The molecular weight excluding hydrogens is 222 g/mol. The highest BCUT2D eigenvalue weighted by Crippen LogP contribution is 2.16. The summed E-state index contributed by atoms with van der Waals surface area (Å²) in [5, 5.41) is 0. The Labute approximate surface area is 102 Å². The molecule has 0 aliphatic carbocycles. The van der Waals surface area contributed by atoms with Crippen LogP contribution >= 0.6 is 0 Å². The average molecular weight is 245 g/mol. The summed E-state index contributed by atoms with van der Waals surface area (Å²) in [5.74, 6) is 3.13. The number of unbranched alkanes of at least 4 members (excludes halogenated alkanes) is 1. The molecule has 0 bridgehead atoms. The molecule has 1 amide bonds. The first-order chi connectivity index (χ1) is 7.81. The summed E-state index contributed by atoms with van der Waals surface area (Å²) in [4.78, 5) is 23.2. The van der Waals surface area contributed by atoms with Crippen molar-refractivity contribution in [3.63, 3.8) is 0 Å². The molecular formula is C11H23N3O3. The summed E-state index contributed by atoms with van der Waals surface area (Å²) in [6, 6.07) is 0. The lowest BCUT2D eigenvalue weighted by Gasteiger charge is -2.23. The molecule has 0 aliphatic rings. The minimum absolute atomic E-state index is 0.398. The monoisotopic (exact) mass is 245 g/mol. The van der Waals surface area contributed by atoms with Crippen molar-refractivity contribution in [1.29, 1.82) is 0 Å². The molecule has 5 N–H and O–H groups in total. The van der Waals surface area contributed by atoms with Gasteiger partial charge in [0.2, 0.25) is 5.91 Å². The second-order valence-corrected chi connectivity index (χ2v) is 4.88.